The first-order valence-corrected chi connectivity index (χ1v) is 6.72. The first kappa shape index (κ1) is 13.0. The molecule has 0 aliphatic heterocycles. The minimum absolute atomic E-state index is 0.0271. The fraction of sp³-hybridized carbons (Fsp3) is 0.545. The van der Waals surface area contributed by atoms with Gasteiger partial charge >= 0.3 is 6.03 Å². The van der Waals surface area contributed by atoms with E-state index in [1.54, 1.807) is 0 Å². The number of carbonyl (C=O) groups is 1. The van der Waals surface area contributed by atoms with E-state index in [2.05, 4.69) is 20.8 Å². The Bertz CT molecular complexity index is 446. The van der Waals surface area contributed by atoms with Crippen LogP contribution in [0.2, 0.25) is 0 Å². The standard InChI is InChI=1S/C11H16N4O2S/c1-2-9-14-15-11(18-9)13-10(17)12-8-4-3-7(5-8)6-16/h3-4,7-8,16H,2,5-6H2,1H3,(H2,12,13,15,17)/t7-,8+/m0/s1. The number of aryl methyl sites for hydroxylation is 1. The molecule has 0 bridgehead atoms. The number of anilines is 1. The molecular formula is C11H16N4O2S. The molecule has 0 fully saturated rings. The monoisotopic (exact) mass is 268 g/mol. The van der Waals surface area contributed by atoms with Gasteiger partial charge in [0.05, 0.1) is 0 Å². The van der Waals surface area contributed by atoms with Gasteiger partial charge in [-0.25, -0.2) is 4.79 Å². The second kappa shape index (κ2) is 5.92. The molecule has 1 aromatic heterocycles. The van der Waals surface area contributed by atoms with E-state index in [1.807, 2.05) is 19.1 Å². The third kappa shape index (κ3) is 3.27. The van der Waals surface area contributed by atoms with Crippen LogP contribution in [0.25, 0.3) is 0 Å². The van der Waals surface area contributed by atoms with E-state index >= 15 is 0 Å². The van der Waals surface area contributed by atoms with E-state index < -0.39 is 0 Å². The number of carbonyl (C=O) groups excluding carboxylic acids is 1. The summed E-state index contributed by atoms with van der Waals surface area (Å²) in [5.74, 6) is 0.142. The van der Waals surface area contributed by atoms with Crippen molar-refractivity contribution in [1.29, 1.82) is 0 Å². The lowest BCUT2D eigenvalue weighted by molar-refractivity contribution is 0.238. The largest absolute Gasteiger partial charge is 0.396 e. The van der Waals surface area contributed by atoms with Crippen molar-refractivity contribution in [2.75, 3.05) is 11.9 Å². The maximum atomic E-state index is 11.7. The number of aromatic nitrogens is 2. The van der Waals surface area contributed by atoms with Gasteiger partial charge in [-0.3, -0.25) is 5.32 Å². The third-order valence-electron chi connectivity index (χ3n) is 2.71. The van der Waals surface area contributed by atoms with Gasteiger partial charge in [0.15, 0.2) is 0 Å². The molecule has 98 valence electrons. The van der Waals surface area contributed by atoms with Gasteiger partial charge in [-0.2, -0.15) is 0 Å². The number of nitrogens with one attached hydrogen (secondary N) is 2. The molecule has 3 N–H and O–H groups in total. The zero-order valence-corrected chi connectivity index (χ0v) is 10.9. The average Bonchev–Trinajstić information content (AvgIpc) is 2.98. The smallest absolute Gasteiger partial charge is 0.321 e. The number of hydrogen-bond acceptors (Lipinski definition) is 5. The molecule has 1 aliphatic carbocycles. The summed E-state index contributed by atoms with van der Waals surface area (Å²) in [7, 11) is 0. The minimum atomic E-state index is -0.290. The van der Waals surface area contributed by atoms with Crippen LogP contribution in [0.3, 0.4) is 0 Å². The zero-order valence-electron chi connectivity index (χ0n) is 10.1. The molecule has 0 saturated heterocycles. The fourth-order valence-electron chi connectivity index (χ4n) is 1.77. The summed E-state index contributed by atoms with van der Waals surface area (Å²) in [6.45, 7) is 2.11. The average molecular weight is 268 g/mol. The van der Waals surface area contributed by atoms with Crippen LogP contribution in [-0.2, 0) is 6.42 Å². The van der Waals surface area contributed by atoms with Crippen LogP contribution in [0.1, 0.15) is 18.4 Å². The lowest BCUT2D eigenvalue weighted by Gasteiger charge is -2.12. The number of amides is 2. The molecule has 1 aliphatic rings. The molecule has 1 heterocycles. The van der Waals surface area contributed by atoms with Crippen molar-refractivity contribution < 1.29 is 9.90 Å². The molecule has 0 unspecified atom stereocenters. The van der Waals surface area contributed by atoms with Crippen molar-refractivity contribution in [1.82, 2.24) is 15.5 Å². The Morgan fingerprint density at radius 3 is 3.00 bits per heavy atom. The molecule has 6 nitrogen and oxygen atoms in total. The molecule has 2 amide bonds. The summed E-state index contributed by atoms with van der Waals surface area (Å²) >= 11 is 1.37. The summed E-state index contributed by atoms with van der Waals surface area (Å²) in [6, 6.07) is -0.317. The lowest BCUT2D eigenvalue weighted by Crippen LogP contribution is -2.36. The quantitative estimate of drug-likeness (QED) is 0.715. The Labute approximate surface area is 109 Å². The zero-order chi connectivity index (χ0) is 13.0. The maximum absolute atomic E-state index is 11.7. The molecule has 18 heavy (non-hydrogen) atoms. The molecule has 0 spiro atoms. The van der Waals surface area contributed by atoms with E-state index in [0.717, 1.165) is 17.8 Å². The van der Waals surface area contributed by atoms with E-state index in [9.17, 15) is 4.79 Å². The van der Waals surface area contributed by atoms with Crippen molar-refractivity contribution in [3.8, 4) is 0 Å². The highest BCUT2D eigenvalue weighted by Crippen LogP contribution is 2.18. The van der Waals surface area contributed by atoms with Gasteiger partial charge in [-0.05, 0) is 12.8 Å². The summed E-state index contributed by atoms with van der Waals surface area (Å²) < 4.78 is 0. The molecule has 0 aromatic carbocycles. The van der Waals surface area contributed by atoms with Crippen molar-refractivity contribution in [2.24, 2.45) is 5.92 Å². The summed E-state index contributed by atoms with van der Waals surface area (Å²) in [6.07, 6.45) is 5.37. The lowest BCUT2D eigenvalue weighted by atomic mass is 10.1. The van der Waals surface area contributed by atoms with Crippen LogP contribution in [0.4, 0.5) is 9.93 Å². The normalized spacial score (nSPS) is 22.1. The van der Waals surface area contributed by atoms with E-state index in [-0.39, 0.29) is 24.6 Å². The molecule has 2 atom stereocenters. The number of aliphatic hydroxyl groups excluding tert-OH is 1. The van der Waals surface area contributed by atoms with Gasteiger partial charge in [0, 0.05) is 18.6 Å². The molecule has 0 saturated carbocycles. The number of aliphatic hydroxyl groups is 1. The maximum Gasteiger partial charge on any atom is 0.321 e. The Morgan fingerprint density at radius 1 is 1.56 bits per heavy atom. The molecular weight excluding hydrogens is 252 g/mol. The van der Waals surface area contributed by atoms with Crippen LogP contribution in [0.15, 0.2) is 12.2 Å². The van der Waals surface area contributed by atoms with E-state index in [0.29, 0.717) is 5.13 Å². The number of nitrogens with zero attached hydrogens (tertiary/aromatic N) is 2. The van der Waals surface area contributed by atoms with Gasteiger partial charge in [-0.15, -0.1) is 10.2 Å². The fourth-order valence-corrected chi connectivity index (χ4v) is 2.44. The van der Waals surface area contributed by atoms with Crippen LogP contribution < -0.4 is 10.6 Å². The van der Waals surface area contributed by atoms with Crippen molar-refractivity contribution >= 4 is 22.5 Å². The molecule has 1 aromatic rings. The van der Waals surface area contributed by atoms with Gasteiger partial charge in [-0.1, -0.05) is 30.4 Å². The Balaban J connectivity index is 1.80. The number of hydrogen-bond donors (Lipinski definition) is 3. The first-order chi connectivity index (χ1) is 8.71. The molecule has 0 radical (unpaired) electrons. The van der Waals surface area contributed by atoms with Crippen LogP contribution in [0.5, 0.6) is 0 Å². The van der Waals surface area contributed by atoms with E-state index in [1.165, 1.54) is 11.3 Å². The Morgan fingerprint density at radius 2 is 2.39 bits per heavy atom. The SMILES string of the molecule is CCc1nnc(NC(=O)N[C@@H]2C=C[C@H](CO)C2)s1. The highest BCUT2D eigenvalue weighted by Gasteiger charge is 2.20. The van der Waals surface area contributed by atoms with Gasteiger partial charge in [0.2, 0.25) is 5.13 Å². The van der Waals surface area contributed by atoms with Crippen molar-refractivity contribution in [3.05, 3.63) is 17.2 Å². The van der Waals surface area contributed by atoms with Crippen LogP contribution >= 0.6 is 11.3 Å². The minimum Gasteiger partial charge on any atom is -0.396 e. The molecule has 7 heteroatoms. The van der Waals surface area contributed by atoms with Crippen molar-refractivity contribution in [2.45, 2.75) is 25.8 Å². The Kier molecular flexibility index (Phi) is 4.27. The third-order valence-corrected chi connectivity index (χ3v) is 3.70. The Hall–Kier alpha value is -1.47. The summed E-state index contributed by atoms with van der Waals surface area (Å²) in [4.78, 5) is 11.7. The number of rotatable bonds is 4. The predicted molar refractivity (Wildman–Crippen MR) is 69.6 cm³/mol. The number of urea groups is 1. The second-order valence-corrected chi connectivity index (χ2v) is 5.18. The first-order valence-electron chi connectivity index (χ1n) is 5.90. The van der Waals surface area contributed by atoms with Gasteiger partial charge in [0.25, 0.3) is 0 Å². The highest BCUT2D eigenvalue weighted by atomic mass is 32.1. The molecule has 2 rings (SSSR count). The predicted octanol–water partition coefficient (Wildman–Crippen LogP) is 1.16. The van der Waals surface area contributed by atoms with Gasteiger partial charge in [0.1, 0.15) is 5.01 Å². The summed E-state index contributed by atoms with van der Waals surface area (Å²) in [5, 5.41) is 23.6. The topological polar surface area (TPSA) is 87.1 Å². The van der Waals surface area contributed by atoms with E-state index in [4.69, 9.17) is 5.11 Å². The summed E-state index contributed by atoms with van der Waals surface area (Å²) in [5.41, 5.74) is 0. The second-order valence-electron chi connectivity index (χ2n) is 4.12. The van der Waals surface area contributed by atoms with Gasteiger partial charge < -0.3 is 10.4 Å². The van der Waals surface area contributed by atoms with Crippen LogP contribution in [-0.4, -0.2) is 34.0 Å². The highest BCUT2D eigenvalue weighted by molar-refractivity contribution is 7.15. The van der Waals surface area contributed by atoms with Crippen LogP contribution in [0, 0.1) is 5.92 Å². The van der Waals surface area contributed by atoms with Crippen molar-refractivity contribution in [3.63, 3.8) is 0 Å².